The molecule has 0 aliphatic carbocycles. The maximum absolute atomic E-state index is 12.6. The lowest BCUT2D eigenvalue weighted by Crippen LogP contribution is -2.38. The Morgan fingerprint density at radius 2 is 1.86 bits per heavy atom. The van der Waals surface area contributed by atoms with Crippen LogP contribution in [0.25, 0.3) is 0 Å². The molecule has 0 saturated carbocycles. The van der Waals surface area contributed by atoms with E-state index in [4.69, 9.17) is 4.74 Å². The molecule has 1 saturated heterocycles. The maximum atomic E-state index is 12.6. The summed E-state index contributed by atoms with van der Waals surface area (Å²) in [5, 5.41) is 0. The first-order chi connectivity index (χ1) is 10.0. The number of hydrogen-bond donors (Lipinski definition) is 0. The quantitative estimate of drug-likeness (QED) is 0.804. The van der Waals surface area contributed by atoms with E-state index >= 15 is 0 Å². The summed E-state index contributed by atoms with van der Waals surface area (Å²) in [5.74, 6) is 0.663. The Balaban J connectivity index is 2.13. The third kappa shape index (κ3) is 3.39. The van der Waals surface area contributed by atoms with Crippen molar-refractivity contribution in [1.82, 2.24) is 9.21 Å². The first-order valence-corrected chi connectivity index (χ1v) is 8.85. The van der Waals surface area contributed by atoms with Gasteiger partial charge in [0.1, 0.15) is 5.75 Å². The third-order valence-corrected chi connectivity index (χ3v) is 6.03. The van der Waals surface area contributed by atoms with Crippen LogP contribution in [0.5, 0.6) is 5.75 Å². The first-order valence-electron chi connectivity index (χ1n) is 7.41. The molecule has 0 N–H and O–H groups in total. The minimum atomic E-state index is -3.40. The van der Waals surface area contributed by atoms with E-state index in [0.717, 1.165) is 19.5 Å². The van der Waals surface area contributed by atoms with Gasteiger partial charge in [-0.3, -0.25) is 4.90 Å². The lowest BCUT2D eigenvalue weighted by Gasteiger charge is -2.26. The van der Waals surface area contributed by atoms with Crippen LogP contribution < -0.4 is 4.74 Å². The van der Waals surface area contributed by atoms with Crippen molar-refractivity contribution in [2.24, 2.45) is 0 Å². The largest absolute Gasteiger partial charge is 0.497 e. The molecule has 0 aromatic heterocycles. The Morgan fingerprint density at radius 3 is 2.38 bits per heavy atom. The van der Waals surface area contributed by atoms with Crippen LogP contribution in [0.2, 0.25) is 0 Å². The number of sulfonamides is 1. The topological polar surface area (TPSA) is 49.9 Å². The number of hydrogen-bond acceptors (Lipinski definition) is 4. The van der Waals surface area contributed by atoms with E-state index in [2.05, 4.69) is 18.7 Å². The molecule has 0 bridgehead atoms. The van der Waals surface area contributed by atoms with Crippen LogP contribution in [-0.4, -0.2) is 57.0 Å². The van der Waals surface area contributed by atoms with Gasteiger partial charge < -0.3 is 4.74 Å². The molecule has 1 aliphatic rings. The number of likely N-dealkylation sites (N-methyl/N-ethyl adjacent to an activating group) is 1. The lowest BCUT2D eigenvalue weighted by molar-refractivity contribution is 0.224. The van der Waals surface area contributed by atoms with Crippen molar-refractivity contribution < 1.29 is 13.2 Å². The maximum Gasteiger partial charge on any atom is 0.243 e. The Kier molecular flexibility index (Phi) is 5.24. The molecular formula is C15H24N2O3S. The molecule has 1 aliphatic heterocycles. The van der Waals surface area contributed by atoms with Gasteiger partial charge in [-0.15, -0.1) is 0 Å². The summed E-state index contributed by atoms with van der Waals surface area (Å²) < 4.78 is 32.0. The van der Waals surface area contributed by atoms with Gasteiger partial charge in [0, 0.05) is 19.1 Å². The number of rotatable bonds is 6. The predicted octanol–water partition coefficient (Wildman–Crippen LogP) is 1.80. The molecule has 1 fully saturated rings. The highest BCUT2D eigenvalue weighted by Gasteiger charge is 2.34. The summed E-state index contributed by atoms with van der Waals surface area (Å²) in [6, 6.07) is 6.92. The molecule has 2 rings (SSSR count). The SMILES string of the molecule is CCN(CC)C1CCN(S(=O)(=O)c2ccc(OC)cc2)C1. The van der Waals surface area contributed by atoms with E-state index < -0.39 is 10.0 Å². The fourth-order valence-corrected chi connectivity index (χ4v) is 4.36. The summed E-state index contributed by atoms with van der Waals surface area (Å²) in [7, 11) is -1.83. The molecule has 21 heavy (non-hydrogen) atoms. The molecule has 0 radical (unpaired) electrons. The first kappa shape index (κ1) is 16.3. The fraction of sp³-hybridized carbons (Fsp3) is 0.600. The summed E-state index contributed by atoms with van der Waals surface area (Å²) in [6.45, 7) is 7.31. The molecule has 6 heteroatoms. The molecule has 1 heterocycles. The van der Waals surface area contributed by atoms with Crippen molar-refractivity contribution in [3.63, 3.8) is 0 Å². The van der Waals surface area contributed by atoms with Crippen LogP contribution in [0, 0.1) is 0 Å². The number of benzene rings is 1. The zero-order valence-corrected chi connectivity index (χ0v) is 13.8. The van der Waals surface area contributed by atoms with E-state index in [1.165, 1.54) is 0 Å². The van der Waals surface area contributed by atoms with E-state index in [-0.39, 0.29) is 0 Å². The molecule has 1 unspecified atom stereocenters. The second kappa shape index (κ2) is 6.77. The average Bonchev–Trinajstić information content (AvgIpc) is 2.99. The highest BCUT2D eigenvalue weighted by molar-refractivity contribution is 7.89. The zero-order valence-electron chi connectivity index (χ0n) is 12.9. The Bertz CT molecular complexity index is 553. The Labute approximate surface area is 127 Å². The normalized spacial score (nSPS) is 20.1. The van der Waals surface area contributed by atoms with E-state index in [1.807, 2.05) is 0 Å². The second-order valence-corrected chi connectivity index (χ2v) is 7.14. The van der Waals surface area contributed by atoms with Gasteiger partial charge in [0.15, 0.2) is 0 Å². The van der Waals surface area contributed by atoms with Gasteiger partial charge in [-0.25, -0.2) is 8.42 Å². The Morgan fingerprint density at radius 1 is 1.24 bits per heavy atom. The smallest absolute Gasteiger partial charge is 0.243 e. The Hall–Kier alpha value is -1.11. The summed E-state index contributed by atoms with van der Waals surface area (Å²) >= 11 is 0. The minimum absolute atomic E-state index is 0.327. The number of ether oxygens (including phenoxy) is 1. The van der Waals surface area contributed by atoms with Crippen molar-refractivity contribution >= 4 is 10.0 Å². The van der Waals surface area contributed by atoms with Gasteiger partial charge in [-0.1, -0.05) is 13.8 Å². The van der Waals surface area contributed by atoms with E-state index in [1.54, 1.807) is 35.7 Å². The predicted molar refractivity (Wildman–Crippen MR) is 83.1 cm³/mol. The molecule has 1 aromatic carbocycles. The number of nitrogens with zero attached hydrogens (tertiary/aromatic N) is 2. The van der Waals surface area contributed by atoms with Crippen molar-refractivity contribution in [3.05, 3.63) is 24.3 Å². The molecule has 0 amide bonds. The molecule has 1 atom stereocenters. The van der Waals surface area contributed by atoms with E-state index in [9.17, 15) is 8.42 Å². The van der Waals surface area contributed by atoms with Crippen molar-refractivity contribution in [3.8, 4) is 5.75 Å². The summed E-state index contributed by atoms with van der Waals surface area (Å²) in [5.41, 5.74) is 0. The van der Waals surface area contributed by atoms with Crippen LogP contribution in [0.3, 0.4) is 0 Å². The second-order valence-electron chi connectivity index (χ2n) is 5.20. The number of methoxy groups -OCH3 is 1. The van der Waals surface area contributed by atoms with E-state index in [0.29, 0.717) is 29.8 Å². The molecule has 0 spiro atoms. The van der Waals surface area contributed by atoms with Crippen molar-refractivity contribution in [1.29, 1.82) is 0 Å². The van der Waals surface area contributed by atoms with Crippen molar-refractivity contribution in [2.75, 3.05) is 33.3 Å². The standard InChI is InChI=1S/C15H24N2O3S/c1-4-16(5-2)13-10-11-17(12-13)21(18,19)15-8-6-14(20-3)7-9-15/h6-9,13H,4-5,10-12H2,1-3H3. The summed E-state index contributed by atoms with van der Waals surface area (Å²) in [6.07, 6.45) is 0.900. The highest BCUT2D eigenvalue weighted by atomic mass is 32.2. The van der Waals surface area contributed by atoms with Gasteiger partial charge in [-0.2, -0.15) is 4.31 Å². The lowest BCUT2D eigenvalue weighted by atomic mass is 10.2. The monoisotopic (exact) mass is 312 g/mol. The van der Waals surface area contributed by atoms with Crippen molar-refractivity contribution in [2.45, 2.75) is 31.2 Å². The molecule has 118 valence electrons. The van der Waals surface area contributed by atoms with Gasteiger partial charge in [0.25, 0.3) is 0 Å². The van der Waals surface area contributed by atoms with Crippen LogP contribution >= 0.6 is 0 Å². The average molecular weight is 312 g/mol. The molecular weight excluding hydrogens is 288 g/mol. The van der Waals surface area contributed by atoms with Crippen LogP contribution in [-0.2, 0) is 10.0 Å². The molecule has 5 nitrogen and oxygen atoms in total. The zero-order chi connectivity index (χ0) is 15.5. The fourth-order valence-electron chi connectivity index (χ4n) is 2.86. The third-order valence-electron chi connectivity index (χ3n) is 4.15. The van der Waals surface area contributed by atoms with Crippen LogP contribution in [0.1, 0.15) is 20.3 Å². The van der Waals surface area contributed by atoms with Gasteiger partial charge in [0.05, 0.1) is 12.0 Å². The van der Waals surface area contributed by atoms with Crippen LogP contribution in [0.4, 0.5) is 0 Å². The highest BCUT2D eigenvalue weighted by Crippen LogP contribution is 2.24. The van der Waals surface area contributed by atoms with Gasteiger partial charge in [-0.05, 0) is 43.8 Å². The summed E-state index contributed by atoms with van der Waals surface area (Å²) in [4.78, 5) is 2.66. The van der Waals surface area contributed by atoms with Gasteiger partial charge in [0.2, 0.25) is 10.0 Å². The van der Waals surface area contributed by atoms with Crippen LogP contribution in [0.15, 0.2) is 29.2 Å². The van der Waals surface area contributed by atoms with Gasteiger partial charge >= 0.3 is 0 Å². The molecule has 1 aromatic rings. The minimum Gasteiger partial charge on any atom is -0.497 e.